The molecular formula is C10H14O2. The summed E-state index contributed by atoms with van der Waals surface area (Å²) in [6.07, 6.45) is 9.76. The summed E-state index contributed by atoms with van der Waals surface area (Å²) in [4.78, 5) is 0. The Labute approximate surface area is 72.9 Å². The van der Waals surface area contributed by atoms with E-state index in [4.69, 9.17) is 9.84 Å². The molecule has 0 fully saturated rings. The maximum atomic E-state index is 8.52. The molecule has 0 aromatic rings. The van der Waals surface area contributed by atoms with Crippen LogP contribution in [0.4, 0.5) is 0 Å². The Morgan fingerprint density at radius 2 is 2.17 bits per heavy atom. The van der Waals surface area contributed by atoms with Gasteiger partial charge in [0.1, 0.15) is 5.76 Å². The van der Waals surface area contributed by atoms with E-state index < -0.39 is 0 Å². The number of hydrogen-bond acceptors (Lipinski definition) is 2. The van der Waals surface area contributed by atoms with E-state index in [1.54, 1.807) is 0 Å². The zero-order chi connectivity index (χ0) is 9.03. The number of ether oxygens (including phenoxy) is 1. The van der Waals surface area contributed by atoms with Gasteiger partial charge in [-0.05, 0) is 12.2 Å². The molecule has 1 aliphatic carbocycles. The smallest absolute Gasteiger partial charge is 0.186 e. The summed E-state index contributed by atoms with van der Waals surface area (Å²) < 4.78 is 4.93. The first-order valence-electron chi connectivity index (χ1n) is 3.96. The van der Waals surface area contributed by atoms with E-state index in [0.29, 0.717) is 5.76 Å². The third-order valence-electron chi connectivity index (χ3n) is 1.69. The predicted molar refractivity (Wildman–Crippen MR) is 48.3 cm³/mol. The van der Waals surface area contributed by atoms with Crippen LogP contribution in [0.1, 0.15) is 13.8 Å². The summed E-state index contributed by atoms with van der Waals surface area (Å²) in [5.41, 5.74) is 0.0665. The lowest BCUT2D eigenvalue weighted by Crippen LogP contribution is -2.00. The van der Waals surface area contributed by atoms with Crippen LogP contribution in [-0.4, -0.2) is 11.9 Å². The molecule has 0 atom stereocenters. The molecule has 0 radical (unpaired) electrons. The predicted octanol–water partition coefficient (Wildman–Crippen LogP) is 1.99. The van der Waals surface area contributed by atoms with Gasteiger partial charge in [-0.2, -0.15) is 0 Å². The number of allylic oxidation sites excluding steroid dienone is 5. The Morgan fingerprint density at radius 1 is 1.42 bits per heavy atom. The second-order valence-electron chi connectivity index (χ2n) is 3.36. The van der Waals surface area contributed by atoms with Crippen molar-refractivity contribution in [2.24, 2.45) is 5.41 Å². The van der Waals surface area contributed by atoms with Gasteiger partial charge in [0, 0.05) is 5.41 Å². The molecule has 0 aromatic carbocycles. The largest absolute Gasteiger partial charge is 0.468 e. The van der Waals surface area contributed by atoms with Gasteiger partial charge in [-0.15, -0.1) is 0 Å². The van der Waals surface area contributed by atoms with Gasteiger partial charge < -0.3 is 9.84 Å². The number of aliphatic hydroxyl groups is 1. The van der Waals surface area contributed by atoms with E-state index in [0.717, 1.165) is 0 Å². The molecule has 1 N–H and O–H groups in total. The van der Waals surface area contributed by atoms with E-state index in [1.165, 1.54) is 0 Å². The first-order valence-corrected chi connectivity index (χ1v) is 3.96. The van der Waals surface area contributed by atoms with E-state index in [9.17, 15) is 0 Å². The number of rotatable bonds is 2. The third kappa shape index (κ3) is 2.55. The zero-order valence-corrected chi connectivity index (χ0v) is 7.45. The summed E-state index contributed by atoms with van der Waals surface area (Å²) in [5, 5.41) is 8.52. The SMILES string of the molecule is CC1(C)C=CC=C(OCO)C=C1. The van der Waals surface area contributed by atoms with Gasteiger partial charge in [-0.25, -0.2) is 0 Å². The minimum absolute atomic E-state index is 0.0665. The van der Waals surface area contributed by atoms with Crippen molar-refractivity contribution in [2.75, 3.05) is 6.79 Å². The van der Waals surface area contributed by atoms with Crippen LogP contribution in [0.2, 0.25) is 0 Å². The molecule has 0 bridgehead atoms. The van der Waals surface area contributed by atoms with Crippen molar-refractivity contribution in [1.29, 1.82) is 0 Å². The number of aliphatic hydroxyl groups excluding tert-OH is 1. The minimum atomic E-state index is -0.273. The van der Waals surface area contributed by atoms with Crippen LogP contribution in [0.3, 0.4) is 0 Å². The highest BCUT2D eigenvalue weighted by Crippen LogP contribution is 2.22. The Hall–Kier alpha value is -1.02. The van der Waals surface area contributed by atoms with Crippen LogP contribution in [-0.2, 0) is 4.74 Å². The lowest BCUT2D eigenvalue weighted by molar-refractivity contribution is 0.0479. The highest BCUT2D eigenvalue weighted by Gasteiger charge is 2.10. The summed E-state index contributed by atoms with van der Waals surface area (Å²) in [7, 11) is 0. The van der Waals surface area contributed by atoms with Crippen molar-refractivity contribution in [3.8, 4) is 0 Å². The van der Waals surface area contributed by atoms with Crippen LogP contribution in [0.15, 0.2) is 36.1 Å². The van der Waals surface area contributed by atoms with E-state index in [-0.39, 0.29) is 12.2 Å². The van der Waals surface area contributed by atoms with E-state index in [1.807, 2.05) is 24.3 Å². The molecule has 12 heavy (non-hydrogen) atoms. The molecule has 0 unspecified atom stereocenters. The van der Waals surface area contributed by atoms with Gasteiger partial charge in [-0.1, -0.05) is 32.1 Å². The molecule has 0 saturated heterocycles. The molecule has 1 aliphatic rings. The third-order valence-corrected chi connectivity index (χ3v) is 1.69. The van der Waals surface area contributed by atoms with E-state index >= 15 is 0 Å². The Balaban J connectivity index is 2.72. The maximum Gasteiger partial charge on any atom is 0.186 e. The standard InChI is InChI=1S/C10H14O2/c1-10(2)6-3-4-9(5-7-10)12-8-11/h3-7,11H,8H2,1-2H3. The van der Waals surface area contributed by atoms with Crippen molar-refractivity contribution in [2.45, 2.75) is 13.8 Å². The molecule has 1 rings (SSSR count). The van der Waals surface area contributed by atoms with Gasteiger partial charge in [0.05, 0.1) is 0 Å². The lowest BCUT2D eigenvalue weighted by Gasteiger charge is -2.12. The molecule has 0 spiro atoms. The molecule has 0 heterocycles. The van der Waals surface area contributed by atoms with Crippen LogP contribution in [0.25, 0.3) is 0 Å². The highest BCUT2D eigenvalue weighted by molar-refractivity contribution is 5.27. The highest BCUT2D eigenvalue weighted by atomic mass is 16.6. The summed E-state index contributed by atoms with van der Waals surface area (Å²) in [6.45, 7) is 3.94. The fraction of sp³-hybridized carbons (Fsp3) is 0.400. The lowest BCUT2D eigenvalue weighted by atomic mass is 9.93. The average Bonchev–Trinajstić information content (AvgIpc) is 2.14. The molecule has 2 nitrogen and oxygen atoms in total. The van der Waals surface area contributed by atoms with Gasteiger partial charge in [0.2, 0.25) is 0 Å². The van der Waals surface area contributed by atoms with Crippen LogP contribution in [0.5, 0.6) is 0 Å². The van der Waals surface area contributed by atoms with Crippen molar-refractivity contribution >= 4 is 0 Å². The van der Waals surface area contributed by atoms with Crippen LogP contribution in [0, 0.1) is 5.41 Å². The zero-order valence-electron chi connectivity index (χ0n) is 7.45. The Morgan fingerprint density at radius 3 is 2.83 bits per heavy atom. The average molecular weight is 166 g/mol. The Kier molecular flexibility index (Phi) is 2.71. The summed E-state index contributed by atoms with van der Waals surface area (Å²) in [6, 6.07) is 0. The minimum Gasteiger partial charge on any atom is -0.468 e. The quantitative estimate of drug-likeness (QED) is 0.636. The summed E-state index contributed by atoms with van der Waals surface area (Å²) >= 11 is 0. The van der Waals surface area contributed by atoms with Crippen molar-refractivity contribution in [3.05, 3.63) is 36.1 Å². The first-order chi connectivity index (χ1) is 5.64. The second-order valence-corrected chi connectivity index (χ2v) is 3.36. The number of hydrogen-bond donors (Lipinski definition) is 1. The van der Waals surface area contributed by atoms with Crippen molar-refractivity contribution in [3.63, 3.8) is 0 Å². The fourth-order valence-corrected chi connectivity index (χ4v) is 0.970. The molecule has 66 valence electrons. The van der Waals surface area contributed by atoms with Gasteiger partial charge in [-0.3, -0.25) is 0 Å². The van der Waals surface area contributed by atoms with Crippen molar-refractivity contribution < 1.29 is 9.84 Å². The normalized spacial score (nSPS) is 20.1. The topological polar surface area (TPSA) is 29.5 Å². The Bertz CT molecular complexity index is 234. The van der Waals surface area contributed by atoms with E-state index in [2.05, 4.69) is 19.9 Å². The first kappa shape index (κ1) is 9.07. The fourth-order valence-electron chi connectivity index (χ4n) is 0.970. The monoisotopic (exact) mass is 166 g/mol. The summed E-state index contributed by atoms with van der Waals surface area (Å²) in [5.74, 6) is 0.694. The van der Waals surface area contributed by atoms with Gasteiger partial charge >= 0.3 is 0 Å². The van der Waals surface area contributed by atoms with Crippen LogP contribution >= 0.6 is 0 Å². The van der Waals surface area contributed by atoms with Gasteiger partial charge in [0.15, 0.2) is 6.79 Å². The molecule has 0 aromatic heterocycles. The molecule has 0 saturated carbocycles. The van der Waals surface area contributed by atoms with Crippen LogP contribution < -0.4 is 0 Å². The van der Waals surface area contributed by atoms with Crippen molar-refractivity contribution in [1.82, 2.24) is 0 Å². The molecule has 0 amide bonds. The maximum absolute atomic E-state index is 8.52. The molecule has 2 heteroatoms. The second kappa shape index (κ2) is 3.59. The molecule has 0 aliphatic heterocycles. The van der Waals surface area contributed by atoms with Gasteiger partial charge in [0.25, 0.3) is 0 Å². The molecular weight excluding hydrogens is 152 g/mol.